The third-order valence-electron chi connectivity index (χ3n) is 4.67. The molecule has 2 aromatic carbocycles. The van der Waals surface area contributed by atoms with E-state index in [1.165, 1.54) is 6.08 Å². The van der Waals surface area contributed by atoms with Crippen LogP contribution < -0.4 is 10.6 Å². The summed E-state index contributed by atoms with van der Waals surface area (Å²) >= 11 is 20.8. The van der Waals surface area contributed by atoms with Crippen LogP contribution in [-0.4, -0.2) is 11.0 Å². The molecule has 0 spiro atoms. The van der Waals surface area contributed by atoms with Crippen LogP contribution in [0.5, 0.6) is 0 Å². The first-order chi connectivity index (χ1) is 16.4. The number of benzene rings is 2. The monoisotopic (exact) mass is 574 g/mol. The summed E-state index contributed by atoms with van der Waals surface area (Å²) in [6.45, 7) is 0.336. The summed E-state index contributed by atoms with van der Waals surface area (Å²) in [6, 6.07) is 20.2. The van der Waals surface area contributed by atoms with Crippen molar-refractivity contribution in [2.45, 2.75) is 6.54 Å². The topological polar surface area (TPSA) is 67.4 Å². The van der Waals surface area contributed by atoms with E-state index in [1.807, 2.05) is 36.4 Å². The Morgan fingerprint density at radius 3 is 2.50 bits per heavy atom. The van der Waals surface area contributed by atoms with Crippen LogP contribution in [0.2, 0.25) is 10.0 Å². The highest BCUT2D eigenvalue weighted by atomic mass is 79.9. The summed E-state index contributed by atoms with van der Waals surface area (Å²) in [5.74, 6) is 2.11. The third-order valence-corrected chi connectivity index (χ3v) is 6.00. The van der Waals surface area contributed by atoms with Crippen molar-refractivity contribution in [2.75, 3.05) is 0 Å². The number of amides is 1. The Hall–Kier alpha value is -2.84. The van der Waals surface area contributed by atoms with Gasteiger partial charge in [0.25, 0.3) is 0 Å². The summed E-state index contributed by atoms with van der Waals surface area (Å²) in [4.78, 5) is 12.2. The predicted octanol–water partition coefficient (Wildman–Crippen LogP) is 7.48. The van der Waals surface area contributed by atoms with Gasteiger partial charge in [-0.2, -0.15) is 0 Å². The van der Waals surface area contributed by atoms with E-state index in [1.54, 1.807) is 36.4 Å². The molecule has 1 amide bonds. The summed E-state index contributed by atoms with van der Waals surface area (Å²) in [5, 5.41) is 6.75. The number of nitrogens with one attached hydrogen (secondary N) is 2. The van der Waals surface area contributed by atoms with Crippen molar-refractivity contribution in [3.8, 4) is 22.6 Å². The minimum absolute atomic E-state index is 0.185. The minimum Gasteiger partial charge on any atom is -0.459 e. The van der Waals surface area contributed by atoms with Crippen LogP contribution in [0.25, 0.3) is 28.7 Å². The lowest BCUT2D eigenvalue weighted by molar-refractivity contribution is -0.115. The van der Waals surface area contributed by atoms with Gasteiger partial charge in [0, 0.05) is 26.7 Å². The molecule has 0 fully saturated rings. The fraction of sp³-hybridized carbons (Fsp3) is 0.0400. The van der Waals surface area contributed by atoms with Crippen LogP contribution >= 0.6 is 51.3 Å². The third kappa shape index (κ3) is 6.39. The molecule has 2 N–H and O–H groups in total. The Morgan fingerprint density at radius 1 is 0.971 bits per heavy atom. The maximum atomic E-state index is 12.2. The van der Waals surface area contributed by atoms with Gasteiger partial charge in [0.1, 0.15) is 23.0 Å². The van der Waals surface area contributed by atoms with E-state index in [-0.39, 0.29) is 5.11 Å². The SMILES string of the molecule is O=C(/C=C/c1ccc(-c2ccc(Cl)cc2Cl)o1)NC(=S)NCc1ccc(-c2ccc(Br)cc2)o1. The van der Waals surface area contributed by atoms with E-state index < -0.39 is 5.91 Å². The summed E-state index contributed by atoms with van der Waals surface area (Å²) in [7, 11) is 0. The normalized spacial score (nSPS) is 11.0. The number of furan rings is 2. The van der Waals surface area contributed by atoms with Crippen LogP contribution in [0.3, 0.4) is 0 Å². The largest absolute Gasteiger partial charge is 0.459 e. The van der Waals surface area contributed by atoms with Crippen molar-refractivity contribution in [3.63, 3.8) is 0 Å². The fourth-order valence-corrected chi connectivity index (χ4v) is 3.98. The van der Waals surface area contributed by atoms with E-state index in [0.717, 1.165) is 15.8 Å². The minimum atomic E-state index is -0.394. The molecule has 9 heteroatoms. The van der Waals surface area contributed by atoms with Gasteiger partial charge in [-0.15, -0.1) is 0 Å². The number of rotatable bonds is 6. The molecule has 5 nitrogen and oxygen atoms in total. The first-order valence-corrected chi connectivity index (χ1v) is 12.0. The molecular formula is C25H17BrCl2N2O3S. The van der Waals surface area contributed by atoms with Gasteiger partial charge in [-0.25, -0.2) is 0 Å². The molecule has 4 aromatic rings. The van der Waals surface area contributed by atoms with Gasteiger partial charge in [0.05, 0.1) is 11.6 Å². The molecular weight excluding hydrogens is 559 g/mol. The van der Waals surface area contributed by atoms with Crippen LogP contribution in [0.4, 0.5) is 0 Å². The fourth-order valence-electron chi connectivity index (χ4n) is 3.04. The van der Waals surface area contributed by atoms with Gasteiger partial charge in [-0.1, -0.05) is 51.3 Å². The quantitative estimate of drug-likeness (QED) is 0.184. The second-order valence-corrected chi connectivity index (χ2v) is 9.27. The number of carbonyl (C=O) groups is 1. The standard InChI is InChI=1S/C25H17BrCl2N2O3S/c26-16-3-1-15(2-4-16)22-10-7-19(33-22)14-29-25(34)30-24(31)12-8-18-6-11-23(32-18)20-9-5-17(27)13-21(20)28/h1-13H,14H2,(H2,29,30,31,34)/b12-8+. The molecule has 34 heavy (non-hydrogen) atoms. The Balaban J connectivity index is 1.28. The lowest BCUT2D eigenvalue weighted by Crippen LogP contribution is -2.37. The van der Waals surface area contributed by atoms with Gasteiger partial charge in [-0.3, -0.25) is 10.1 Å². The zero-order chi connectivity index (χ0) is 24.1. The number of thiocarbonyl (C=S) groups is 1. The van der Waals surface area contributed by atoms with Gasteiger partial charge < -0.3 is 14.2 Å². The molecule has 0 saturated heterocycles. The molecule has 0 saturated carbocycles. The molecule has 0 bridgehead atoms. The van der Waals surface area contributed by atoms with Crippen LogP contribution in [0.1, 0.15) is 11.5 Å². The molecule has 0 aliphatic carbocycles. The molecule has 0 aliphatic heterocycles. The van der Waals surface area contributed by atoms with E-state index in [9.17, 15) is 4.79 Å². The van der Waals surface area contributed by atoms with Gasteiger partial charge in [0.2, 0.25) is 5.91 Å². The maximum absolute atomic E-state index is 12.2. The van der Waals surface area contributed by atoms with Crippen LogP contribution in [0, 0.1) is 0 Å². The highest BCUT2D eigenvalue weighted by Crippen LogP contribution is 2.31. The summed E-state index contributed by atoms with van der Waals surface area (Å²) in [5.41, 5.74) is 1.68. The smallest absolute Gasteiger partial charge is 0.250 e. The van der Waals surface area contributed by atoms with Crippen molar-refractivity contribution < 1.29 is 13.6 Å². The first kappa shape index (κ1) is 24.3. The average molecular weight is 576 g/mol. The van der Waals surface area contributed by atoms with Crippen LogP contribution in [0.15, 0.2) is 86.1 Å². The van der Waals surface area contributed by atoms with E-state index in [4.69, 9.17) is 44.3 Å². The molecule has 0 atom stereocenters. The molecule has 2 aromatic heterocycles. The number of hydrogen-bond donors (Lipinski definition) is 2. The molecule has 2 heterocycles. The average Bonchev–Trinajstić information content (AvgIpc) is 3.47. The lowest BCUT2D eigenvalue weighted by atomic mass is 10.2. The number of hydrogen-bond acceptors (Lipinski definition) is 4. The van der Waals surface area contributed by atoms with E-state index >= 15 is 0 Å². The lowest BCUT2D eigenvalue weighted by Gasteiger charge is -2.06. The van der Waals surface area contributed by atoms with Crippen molar-refractivity contribution in [2.24, 2.45) is 0 Å². The van der Waals surface area contributed by atoms with Gasteiger partial charge in [0.15, 0.2) is 5.11 Å². The number of carbonyl (C=O) groups excluding carboxylic acids is 1. The van der Waals surface area contributed by atoms with Crippen molar-refractivity contribution >= 4 is 68.4 Å². The second kappa shape index (κ2) is 11.1. The molecule has 4 rings (SSSR count). The van der Waals surface area contributed by atoms with E-state index in [2.05, 4.69) is 26.6 Å². The van der Waals surface area contributed by atoms with Crippen molar-refractivity contribution in [1.82, 2.24) is 10.6 Å². The Labute approximate surface area is 219 Å². The van der Waals surface area contributed by atoms with Gasteiger partial charge in [-0.05, 0) is 72.9 Å². The Bertz CT molecular complexity index is 1360. The Kier molecular flexibility index (Phi) is 7.90. The second-order valence-electron chi connectivity index (χ2n) is 7.10. The zero-order valence-corrected chi connectivity index (χ0v) is 21.4. The van der Waals surface area contributed by atoms with E-state index in [0.29, 0.717) is 39.4 Å². The van der Waals surface area contributed by atoms with Crippen LogP contribution in [-0.2, 0) is 11.3 Å². The number of halogens is 3. The van der Waals surface area contributed by atoms with Crippen molar-refractivity contribution in [1.29, 1.82) is 0 Å². The first-order valence-electron chi connectivity index (χ1n) is 10.0. The van der Waals surface area contributed by atoms with Gasteiger partial charge >= 0.3 is 0 Å². The molecule has 0 unspecified atom stereocenters. The molecule has 0 radical (unpaired) electrons. The Morgan fingerprint density at radius 2 is 1.74 bits per heavy atom. The summed E-state index contributed by atoms with van der Waals surface area (Å²) < 4.78 is 12.6. The predicted molar refractivity (Wildman–Crippen MR) is 143 cm³/mol. The highest BCUT2D eigenvalue weighted by molar-refractivity contribution is 9.10. The molecule has 0 aliphatic rings. The zero-order valence-electron chi connectivity index (χ0n) is 17.5. The summed E-state index contributed by atoms with van der Waals surface area (Å²) in [6.07, 6.45) is 2.88. The van der Waals surface area contributed by atoms with Crippen molar-refractivity contribution in [3.05, 3.63) is 98.8 Å². The maximum Gasteiger partial charge on any atom is 0.250 e. The molecule has 172 valence electrons. The highest BCUT2D eigenvalue weighted by Gasteiger charge is 2.09.